The third kappa shape index (κ3) is 4.04. The first-order valence-corrected chi connectivity index (χ1v) is 8.54. The number of ether oxygens (including phenoxy) is 3. The summed E-state index contributed by atoms with van der Waals surface area (Å²) in [5, 5.41) is 7.70. The molecule has 8 heteroatoms. The van der Waals surface area contributed by atoms with Crippen LogP contribution in [0.15, 0.2) is 54.0 Å². The summed E-state index contributed by atoms with van der Waals surface area (Å²) in [4.78, 5) is 16.2. The normalized spacial score (nSPS) is 10.1. The van der Waals surface area contributed by atoms with Crippen molar-refractivity contribution in [2.45, 2.75) is 0 Å². The summed E-state index contributed by atoms with van der Waals surface area (Å²) >= 11 is 1.33. The van der Waals surface area contributed by atoms with Gasteiger partial charge in [-0.15, -0.1) is 11.3 Å². The average Bonchev–Trinajstić information content (AvgIpc) is 3.16. The van der Waals surface area contributed by atoms with E-state index in [9.17, 15) is 4.79 Å². The molecule has 0 saturated carbocycles. The van der Waals surface area contributed by atoms with Crippen LogP contribution in [0.5, 0.6) is 23.0 Å². The van der Waals surface area contributed by atoms with E-state index in [1.54, 1.807) is 55.1 Å². The van der Waals surface area contributed by atoms with Crippen molar-refractivity contribution in [2.24, 2.45) is 0 Å². The van der Waals surface area contributed by atoms with E-state index in [1.165, 1.54) is 18.4 Å². The standard InChI is InChI=1S/C18H17N3O4S/c1-23-14-8-5-9-15(16(14)24-2)25-13-7-4-3-6-12(13)20-17(22)21-18-19-10-11-26-18/h3-11H,1-2H3,(H2,19,20,21,22). The van der Waals surface area contributed by atoms with Gasteiger partial charge in [0.15, 0.2) is 22.4 Å². The van der Waals surface area contributed by atoms with E-state index >= 15 is 0 Å². The van der Waals surface area contributed by atoms with Gasteiger partial charge in [-0.3, -0.25) is 5.32 Å². The number of benzene rings is 2. The highest BCUT2D eigenvalue weighted by atomic mass is 32.1. The van der Waals surface area contributed by atoms with Gasteiger partial charge in [0.2, 0.25) is 5.75 Å². The number of para-hydroxylation sites is 3. The molecule has 0 fully saturated rings. The van der Waals surface area contributed by atoms with Crippen molar-refractivity contribution >= 4 is 28.2 Å². The number of nitrogens with zero attached hydrogens (tertiary/aromatic N) is 1. The molecule has 3 rings (SSSR count). The molecule has 2 N–H and O–H groups in total. The van der Waals surface area contributed by atoms with Crippen molar-refractivity contribution in [3.63, 3.8) is 0 Å². The predicted octanol–water partition coefficient (Wildman–Crippen LogP) is 4.60. The highest BCUT2D eigenvalue weighted by Crippen LogP contribution is 2.40. The van der Waals surface area contributed by atoms with Crippen LogP contribution in [-0.2, 0) is 0 Å². The zero-order chi connectivity index (χ0) is 18.4. The number of hydrogen-bond acceptors (Lipinski definition) is 6. The lowest BCUT2D eigenvalue weighted by atomic mass is 10.2. The van der Waals surface area contributed by atoms with Crippen LogP contribution in [0.4, 0.5) is 15.6 Å². The van der Waals surface area contributed by atoms with Crippen molar-refractivity contribution < 1.29 is 19.0 Å². The molecule has 26 heavy (non-hydrogen) atoms. The summed E-state index contributed by atoms with van der Waals surface area (Å²) in [5.74, 6) is 1.96. The Bertz CT molecular complexity index is 884. The van der Waals surface area contributed by atoms with Gasteiger partial charge in [-0.2, -0.15) is 0 Å². The van der Waals surface area contributed by atoms with E-state index in [0.717, 1.165) is 0 Å². The van der Waals surface area contributed by atoms with E-state index in [4.69, 9.17) is 14.2 Å². The summed E-state index contributed by atoms with van der Waals surface area (Å²) in [6.45, 7) is 0. The largest absolute Gasteiger partial charge is 0.493 e. The maximum atomic E-state index is 12.2. The molecular weight excluding hydrogens is 354 g/mol. The van der Waals surface area contributed by atoms with Gasteiger partial charge in [0.05, 0.1) is 19.9 Å². The molecular formula is C18H17N3O4S. The third-order valence-corrected chi connectivity index (χ3v) is 4.06. The number of thiazole rings is 1. The molecule has 3 aromatic rings. The summed E-state index contributed by atoms with van der Waals surface area (Å²) in [7, 11) is 3.09. The van der Waals surface area contributed by atoms with Crippen LogP contribution in [0.3, 0.4) is 0 Å². The number of aromatic nitrogens is 1. The van der Waals surface area contributed by atoms with Crippen molar-refractivity contribution in [1.29, 1.82) is 0 Å². The first-order chi connectivity index (χ1) is 12.7. The SMILES string of the molecule is COc1cccc(Oc2ccccc2NC(=O)Nc2nccs2)c1OC. The number of hydrogen-bond donors (Lipinski definition) is 2. The molecule has 0 spiro atoms. The lowest BCUT2D eigenvalue weighted by Gasteiger charge is -2.15. The number of anilines is 2. The highest BCUT2D eigenvalue weighted by molar-refractivity contribution is 7.13. The summed E-state index contributed by atoms with van der Waals surface area (Å²) in [5.41, 5.74) is 0.506. The van der Waals surface area contributed by atoms with Crippen molar-refractivity contribution in [3.05, 3.63) is 54.0 Å². The van der Waals surface area contributed by atoms with Crippen LogP contribution in [0.2, 0.25) is 0 Å². The second kappa shape index (κ2) is 8.21. The number of methoxy groups -OCH3 is 2. The Morgan fingerprint density at radius 3 is 2.46 bits per heavy atom. The first kappa shape index (κ1) is 17.6. The molecule has 0 unspecified atom stereocenters. The van der Waals surface area contributed by atoms with Crippen LogP contribution >= 0.6 is 11.3 Å². The fourth-order valence-corrected chi connectivity index (χ4v) is 2.78. The second-order valence-electron chi connectivity index (χ2n) is 5.01. The van der Waals surface area contributed by atoms with Crippen LogP contribution < -0.4 is 24.8 Å². The Morgan fingerprint density at radius 1 is 0.962 bits per heavy atom. The highest BCUT2D eigenvalue weighted by Gasteiger charge is 2.14. The Hall–Kier alpha value is -3.26. The van der Waals surface area contributed by atoms with Crippen molar-refractivity contribution in [2.75, 3.05) is 24.9 Å². The molecule has 2 aromatic carbocycles. The van der Waals surface area contributed by atoms with E-state index in [0.29, 0.717) is 33.8 Å². The summed E-state index contributed by atoms with van der Waals surface area (Å²) in [6, 6.07) is 12.0. The monoisotopic (exact) mass is 371 g/mol. The molecule has 134 valence electrons. The molecule has 1 heterocycles. The maximum absolute atomic E-state index is 12.2. The van der Waals surface area contributed by atoms with E-state index in [-0.39, 0.29) is 0 Å². The molecule has 0 aliphatic rings. The summed E-state index contributed by atoms with van der Waals surface area (Å²) < 4.78 is 16.6. The molecule has 0 bridgehead atoms. The van der Waals surface area contributed by atoms with Crippen LogP contribution in [0.1, 0.15) is 0 Å². The number of urea groups is 1. The van der Waals surface area contributed by atoms with Gasteiger partial charge in [0, 0.05) is 11.6 Å². The third-order valence-electron chi connectivity index (χ3n) is 3.37. The van der Waals surface area contributed by atoms with Gasteiger partial charge in [0.1, 0.15) is 0 Å². The van der Waals surface area contributed by atoms with Crippen LogP contribution in [0, 0.1) is 0 Å². The predicted molar refractivity (Wildman–Crippen MR) is 101 cm³/mol. The van der Waals surface area contributed by atoms with Gasteiger partial charge < -0.3 is 19.5 Å². The number of nitrogens with one attached hydrogen (secondary N) is 2. The fourth-order valence-electron chi connectivity index (χ4n) is 2.25. The Kier molecular flexibility index (Phi) is 5.55. The van der Waals surface area contributed by atoms with E-state index in [2.05, 4.69) is 15.6 Å². The summed E-state index contributed by atoms with van der Waals surface area (Å²) in [6.07, 6.45) is 1.62. The molecule has 0 atom stereocenters. The lowest BCUT2D eigenvalue weighted by molar-refractivity contribution is 0.262. The minimum absolute atomic E-state index is 0.409. The van der Waals surface area contributed by atoms with E-state index < -0.39 is 6.03 Å². The van der Waals surface area contributed by atoms with Gasteiger partial charge in [-0.1, -0.05) is 18.2 Å². The van der Waals surface area contributed by atoms with Gasteiger partial charge in [-0.05, 0) is 24.3 Å². The molecule has 2 amide bonds. The van der Waals surface area contributed by atoms with Gasteiger partial charge in [-0.25, -0.2) is 9.78 Å². The zero-order valence-corrected chi connectivity index (χ0v) is 15.0. The molecule has 0 aliphatic carbocycles. The second-order valence-corrected chi connectivity index (χ2v) is 5.90. The van der Waals surface area contributed by atoms with Crippen molar-refractivity contribution in [1.82, 2.24) is 4.98 Å². The molecule has 0 aliphatic heterocycles. The van der Waals surface area contributed by atoms with Gasteiger partial charge >= 0.3 is 6.03 Å². The number of carbonyl (C=O) groups is 1. The molecule has 0 saturated heterocycles. The molecule has 0 radical (unpaired) electrons. The van der Waals surface area contributed by atoms with Crippen LogP contribution in [0.25, 0.3) is 0 Å². The molecule has 7 nitrogen and oxygen atoms in total. The topological polar surface area (TPSA) is 81.7 Å². The number of carbonyl (C=O) groups excluding carboxylic acids is 1. The Labute approximate surface area is 154 Å². The quantitative estimate of drug-likeness (QED) is 0.662. The smallest absolute Gasteiger partial charge is 0.325 e. The molecule has 1 aromatic heterocycles. The number of amides is 2. The lowest BCUT2D eigenvalue weighted by Crippen LogP contribution is -2.19. The number of rotatable bonds is 6. The zero-order valence-electron chi connectivity index (χ0n) is 14.2. The first-order valence-electron chi connectivity index (χ1n) is 7.66. The van der Waals surface area contributed by atoms with Crippen molar-refractivity contribution in [3.8, 4) is 23.0 Å². The maximum Gasteiger partial charge on any atom is 0.325 e. The van der Waals surface area contributed by atoms with Crippen LogP contribution in [-0.4, -0.2) is 25.2 Å². The average molecular weight is 371 g/mol. The minimum Gasteiger partial charge on any atom is -0.493 e. The minimum atomic E-state index is -0.409. The fraction of sp³-hybridized carbons (Fsp3) is 0.111. The van der Waals surface area contributed by atoms with Gasteiger partial charge in [0.25, 0.3) is 0 Å². The Balaban J connectivity index is 1.80. The Morgan fingerprint density at radius 2 is 1.73 bits per heavy atom. The van der Waals surface area contributed by atoms with E-state index in [1.807, 2.05) is 6.07 Å².